The topological polar surface area (TPSA) is 76.0 Å². The van der Waals surface area contributed by atoms with Crippen molar-refractivity contribution in [2.45, 2.75) is 72.0 Å². The van der Waals surface area contributed by atoms with E-state index in [0.29, 0.717) is 24.6 Å². The maximum Gasteiger partial charge on any atom is 0.252 e. The van der Waals surface area contributed by atoms with E-state index in [4.69, 9.17) is 4.98 Å². The highest BCUT2D eigenvalue weighted by molar-refractivity contribution is 7.09. The van der Waals surface area contributed by atoms with Crippen molar-refractivity contribution in [3.8, 4) is 0 Å². The molecule has 2 N–H and O–H groups in total. The van der Waals surface area contributed by atoms with Crippen molar-refractivity contribution in [2.75, 3.05) is 0 Å². The zero-order valence-corrected chi connectivity index (χ0v) is 23.6. The summed E-state index contributed by atoms with van der Waals surface area (Å²) in [6, 6.07) is 19.4. The fourth-order valence-electron chi connectivity index (χ4n) is 4.90. The van der Waals surface area contributed by atoms with Gasteiger partial charge in [-0.15, -0.1) is 11.3 Å². The molecule has 0 bridgehead atoms. The van der Waals surface area contributed by atoms with E-state index < -0.39 is 6.04 Å². The standard InChI is InChI=1S/C31H38N4O2S/c1-5-24(6-2)35-28-15-14-23(18-26(28)33-29(35)19-25-13-10-16-38-25)30(36)34-27(17-21(3)4)31(37)32-20-22-11-8-7-9-12-22/h7-16,18,21,24,27H,5-6,17,19-20H2,1-4H3,(H,32,37)(H,34,36)/t27-/m0/s1. The van der Waals surface area contributed by atoms with Crippen molar-refractivity contribution in [1.29, 1.82) is 0 Å². The van der Waals surface area contributed by atoms with Gasteiger partial charge in [0.1, 0.15) is 11.9 Å². The number of imidazole rings is 1. The number of aromatic nitrogens is 2. The van der Waals surface area contributed by atoms with Gasteiger partial charge in [0.05, 0.1) is 11.0 Å². The third-order valence-corrected chi connectivity index (χ3v) is 7.76. The number of fused-ring (bicyclic) bond motifs is 1. The van der Waals surface area contributed by atoms with Crippen molar-refractivity contribution in [2.24, 2.45) is 5.92 Å². The lowest BCUT2D eigenvalue weighted by Crippen LogP contribution is -2.47. The summed E-state index contributed by atoms with van der Waals surface area (Å²) in [6.45, 7) is 8.93. The Kier molecular flexibility index (Phi) is 9.34. The van der Waals surface area contributed by atoms with Crippen LogP contribution in [0.25, 0.3) is 11.0 Å². The van der Waals surface area contributed by atoms with Crippen LogP contribution in [0.3, 0.4) is 0 Å². The smallest absolute Gasteiger partial charge is 0.252 e. The predicted octanol–water partition coefficient (Wildman–Crippen LogP) is 6.51. The highest BCUT2D eigenvalue weighted by atomic mass is 32.1. The third kappa shape index (κ3) is 6.70. The molecule has 2 aromatic carbocycles. The fourth-order valence-corrected chi connectivity index (χ4v) is 5.60. The average Bonchev–Trinajstić information content (AvgIpc) is 3.55. The molecule has 4 rings (SSSR count). The molecule has 0 radical (unpaired) electrons. The third-order valence-electron chi connectivity index (χ3n) is 6.88. The molecular formula is C31H38N4O2S. The first-order valence-electron chi connectivity index (χ1n) is 13.5. The van der Waals surface area contributed by atoms with E-state index in [1.54, 1.807) is 11.3 Å². The van der Waals surface area contributed by atoms with Crippen LogP contribution >= 0.6 is 11.3 Å². The Labute approximate surface area is 229 Å². The minimum atomic E-state index is -0.613. The van der Waals surface area contributed by atoms with Gasteiger partial charge in [-0.2, -0.15) is 0 Å². The Hall–Kier alpha value is -3.45. The highest BCUT2D eigenvalue weighted by Crippen LogP contribution is 2.28. The van der Waals surface area contributed by atoms with Crippen molar-refractivity contribution in [1.82, 2.24) is 20.2 Å². The average molecular weight is 531 g/mol. The maximum atomic E-state index is 13.3. The van der Waals surface area contributed by atoms with Gasteiger partial charge >= 0.3 is 0 Å². The number of nitrogens with zero attached hydrogens (tertiary/aromatic N) is 2. The van der Waals surface area contributed by atoms with Crippen LogP contribution < -0.4 is 10.6 Å². The van der Waals surface area contributed by atoms with Crippen LogP contribution in [-0.2, 0) is 17.8 Å². The number of carbonyl (C=O) groups is 2. The minimum Gasteiger partial charge on any atom is -0.350 e. The Morgan fingerprint density at radius 1 is 1.00 bits per heavy atom. The molecule has 0 aliphatic heterocycles. The zero-order valence-electron chi connectivity index (χ0n) is 22.7. The number of amides is 2. The van der Waals surface area contributed by atoms with Crippen molar-refractivity contribution in [3.63, 3.8) is 0 Å². The molecule has 0 saturated carbocycles. The van der Waals surface area contributed by atoms with Gasteiger partial charge in [-0.25, -0.2) is 4.98 Å². The number of carbonyl (C=O) groups excluding carboxylic acids is 2. The maximum absolute atomic E-state index is 13.3. The molecule has 0 unspecified atom stereocenters. The summed E-state index contributed by atoms with van der Waals surface area (Å²) in [5, 5.41) is 8.05. The van der Waals surface area contributed by atoms with Crippen LogP contribution in [0.15, 0.2) is 66.0 Å². The van der Waals surface area contributed by atoms with Gasteiger partial charge < -0.3 is 15.2 Å². The molecule has 0 spiro atoms. The van der Waals surface area contributed by atoms with Gasteiger partial charge in [0, 0.05) is 29.4 Å². The van der Waals surface area contributed by atoms with E-state index >= 15 is 0 Å². The summed E-state index contributed by atoms with van der Waals surface area (Å²) in [5.74, 6) is 0.838. The number of hydrogen-bond donors (Lipinski definition) is 2. The zero-order chi connectivity index (χ0) is 27.1. The van der Waals surface area contributed by atoms with Crippen LogP contribution in [0.5, 0.6) is 0 Å². The molecule has 6 nitrogen and oxygen atoms in total. The lowest BCUT2D eigenvalue weighted by molar-refractivity contribution is -0.123. The Morgan fingerprint density at radius 2 is 1.76 bits per heavy atom. The number of benzene rings is 2. The number of thiophene rings is 1. The lowest BCUT2D eigenvalue weighted by Gasteiger charge is -2.20. The quantitative estimate of drug-likeness (QED) is 0.219. The van der Waals surface area contributed by atoms with Crippen molar-refractivity contribution in [3.05, 3.63) is 87.9 Å². The van der Waals surface area contributed by atoms with Gasteiger partial charge in [-0.1, -0.05) is 64.1 Å². The molecule has 0 saturated heterocycles. The van der Waals surface area contributed by atoms with Crippen LogP contribution in [-0.4, -0.2) is 27.4 Å². The Balaban J connectivity index is 1.56. The summed E-state index contributed by atoms with van der Waals surface area (Å²) in [5.41, 5.74) is 3.39. The molecule has 7 heteroatoms. The number of nitrogens with one attached hydrogen (secondary N) is 2. The van der Waals surface area contributed by atoms with E-state index in [1.807, 2.05) is 48.5 Å². The van der Waals surface area contributed by atoms with E-state index in [9.17, 15) is 9.59 Å². The first kappa shape index (κ1) is 27.6. The summed E-state index contributed by atoms with van der Waals surface area (Å²) in [6.07, 6.45) is 3.35. The number of rotatable bonds is 12. The second kappa shape index (κ2) is 12.9. The van der Waals surface area contributed by atoms with E-state index in [1.165, 1.54) is 4.88 Å². The van der Waals surface area contributed by atoms with Crippen LogP contribution in [0.2, 0.25) is 0 Å². The molecule has 38 heavy (non-hydrogen) atoms. The van der Waals surface area contributed by atoms with Gasteiger partial charge in [-0.3, -0.25) is 9.59 Å². The lowest BCUT2D eigenvalue weighted by atomic mass is 10.0. The minimum absolute atomic E-state index is 0.173. The molecule has 0 aliphatic carbocycles. The Bertz CT molecular complexity index is 1340. The fraction of sp³-hybridized carbons (Fsp3) is 0.387. The SMILES string of the molecule is CCC(CC)n1c(Cc2cccs2)nc2cc(C(=O)N[C@@H](CC(C)C)C(=O)NCc3ccccc3)ccc21. The normalized spacial score (nSPS) is 12.3. The molecule has 200 valence electrons. The summed E-state index contributed by atoms with van der Waals surface area (Å²) in [7, 11) is 0. The van der Waals surface area contributed by atoms with Crippen molar-refractivity contribution < 1.29 is 9.59 Å². The Morgan fingerprint density at radius 3 is 2.42 bits per heavy atom. The molecule has 1 atom stereocenters. The van der Waals surface area contributed by atoms with Crippen LogP contribution in [0, 0.1) is 5.92 Å². The molecule has 0 aliphatic rings. The first-order valence-corrected chi connectivity index (χ1v) is 14.4. The van der Waals surface area contributed by atoms with Gasteiger partial charge in [0.15, 0.2) is 0 Å². The van der Waals surface area contributed by atoms with E-state index in [0.717, 1.165) is 41.7 Å². The molecule has 0 fully saturated rings. The van der Waals surface area contributed by atoms with Crippen molar-refractivity contribution >= 4 is 34.2 Å². The molecule has 2 heterocycles. The van der Waals surface area contributed by atoms with Gasteiger partial charge in [0.2, 0.25) is 5.91 Å². The summed E-state index contributed by atoms with van der Waals surface area (Å²) < 4.78 is 2.34. The van der Waals surface area contributed by atoms with E-state index in [2.05, 4.69) is 60.4 Å². The second-order valence-electron chi connectivity index (χ2n) is 10.2. The van der Waals surface area contributed by atoms with Crippen LogP contribution in [0.1, 0.15) is 79.6 Å². The molecule has 4 aromatic rings. The molecule has 2 aromatic heterocycles. The second-order valence-corrected chi connectivity index (χ2v) is 11.2. The largest absolute Gasteiger partial charge is 0.350 e. The van der Waals surface area contributed by atoms with Gasteiger partial charge in [-0.05, 0) is 60.4 Å². The monoisotopic (exact) mass is 530 g/mol. The molecule has 2 amide bonds. The summed E-state index contributed by atoms with van der Waals surface area (Å²) in [4.78, 5) is 32.6. The highest BCUT2D eigenvalue weighted by Gasteiger charge is 2.24. The summed E-state index contributed by atoms with van der Waals surface area (Å²) >= 11 is 1.73. The van der Waals surface area contributed by atoms with Gasteiger partial charge in [0.25, 0.3) is 5.91 Å². The van der Waals surface area contributed by atoms with Crippen LogP contribution in [0.4, 0.5) is 0 Å². The number of hydrogen-bond acceptors (Lipinski definition) is 4. The van der Waals surface area contributed by atoms with E-state index in [-0.39, 0.29) is 17.7 Å². The first-order chi connectivity index (χ1) is 18.4. The molecular weight excluding hydrogens is 492 g/mol. The predicted molar refractivity (Wildman–Crippen MR) is 155 cm³/mol.